The van der Waals surface area contributed by atoms with Crippen LogP contribution in [0.4, 0.5) is 0 Å². The molecule has 0 bridgehead atoms. The summed E-state index contributed by atoms with van der Waals surface area (Å²) in [5.74, 6) is 0. The van der Waals surface area contributed by atoms with E-state index in [1.54, 1.807) is 0 Å². The molecule has 2 nitrogen and oxygen atoms in total. The van der Waals surface area contributed by atoms with Crippen LogP contribution >= 0.6 is 0 Å². The molecular formula is C6H9NO. The second-order valence-corrected chi connectivity index (χ2v) is 1.31. The van der Waals surface area contributed by atoms with Crippen LogP contribution in [0.1, 0.15) is 13.3 Å². The Morgan fingerprint density at radius 1 is 1.62 bits per heavy atom. The van der Waals surface area contributed by atoms with E-state index in [0.29, 0.717) is 6.54 Å². The van der Waals surface area contributed by atoms with E-state index in [4.69, 9.17) is 0 Å². The molecule has 0 unspecified atom stereocenters. The van der Waals surface area contributed by atoms with Crippen molar-refractivity contribution in [1.82, 2.24) is 0 Å². The summed E-state index contributed by atoms with van der Waals surface area (Å²) in [5.41, 5.74) is 0. The minimum absolute atomic E-state index is 0.470. The number of aliphatic imine (C=N–C) groups is 1. The maximum Gasteiger partial charge on any atom is 0.235 e. The molecule has 0 heterocycles. The molecule has 0 fully saturated rings. The van der Waals surface area contributed by atoms with Crippen LogP contribution in [-0.4, -0.2) is 12.6 Å². The summed E-state index contributed by atoms with van der Waals surface area (Å²) in [6.45, 7) is 2.50. The van der Waals surface area contributed by atoms with Crippen molar-refractivity contribution in [2.24, 2.45) is 4.99 Å². The molecule has 44 valence electrons. The predicted octanol–water partition coefficient (Wildman–Crippen LogP) is 1.29. The number of hydrogen-bond acceptors (Lipinski definition) is 2. The molecule has 0 aliphatic rings. The van der Waals surface area contributed by atoms with Gasteiger partial charge in [-0.15, -0.1) is 0 Å². The molecule has 0 atom stereocenters. The van der Waals surface area contributed by atoms with Crippen LogP contribution in [0.3, 0.4) is 0 Å². The molecule has 0 aliphatic carbocycles. The number of carbonyl (C=O) groups excluding carboxylic acids is 1. The van der Waals surface area contributed by atoms with Crippen LogP contribution in [0.5, 0.6) is 0 Å². The Labute approximate surface area is 48.9 Å². The third kappa shape index (κ3) is 5.12. The van der Waals surface area contributed by atoms with E-state index in [0.717, 1.165) is 6.42 Å². The summed E-state index contributed by atoms with van der Waals surface area (Å²) in [4.78, 5) is 12.8. The fourth-order valence-electron chi connectivity index (χ4n) is 0.331. The van der Waals surface area contributed by atoms with Crippen molar-refractivity contribution in [1.29, 1.82) is 0 Å². The van der Waals surface area contributed by atoms with Gasteiger partial charge in [0.15, 0.2) is 0 Å². The van der Waals surface area contributed by atoms with Crippen molar-refractivity contribution in [3.05, 3.63) is 12.2 Å². The molecule has 2 heteroatoms. The molecular weight excluding hydrogens is 102 g/mol. The average Bonchev–Trinajstić information content (AvgIpc) is 1.81. The van der Waals surface area contributed by atoms with Gasteiger partial charge in [-0.3, -0.25) is 0 Å². The van der Waals surface area contributed by atoms with Crippen molar-refractivity contribution in [3.8, 4) is 0 Å². The van der Waals surface area contributed by atoms with Crippen LogP contribution in [0, 0.1) is 0 Å². The highest BCUT2D eigenvalue weighted by Crippen LogP contribution is 1.78. The van der Waals surface area contributed by atoms with Gasteiger partial charge < -0.3 is 0 Å². The zero-order chi connectivity index (χ0) is 6.24. The van der Waals surface area contributed by atoms with Crippen molar-refractivity contribution in [3.63, 3.8) is 0 Å². The Morgan fingerprint density at radius 3 is 2.88 bits per heavy atom. The lowest BCUT2D eigenvalue weighted by Crippen LogP contribution is -1.67. The number of hydrogen-bond donors (Lipinski definition) is 0. The van der Waals surface area contributed by atoms with Gasteiger partial charge in [-0.1, -0.05) is 19.1 Å². The van der Waals surface area contributed by atoms with E-state index in [9.17, 15) is 4.79 Å². The lowest BCUT2D eigenvalue weighted by molar-refractivity contribution is 0.564. The van der Waals surface area contributed by atoms with Gasteiger partial charge in [-0.05, 0) is 6.42 Å². The minimum atomic E-state index is 0.470. The van der Waals surface area contributed by atoms with Gasteiger partial charge >= 0.3 is 0 Å². The Morgan fingerprint density at radius 2 is 2.38 bits per heavy atom. The van der Waals surface area contributed by atoms with Gasteiger partial charge in [-0.25, -0.2) is 9.79 Å². The molecule has 8 heavy (non-hydrogen) atoms. The Bertz CT molecular complexity index is 112. The molecule has 0 radical (unpaired) electrons. The van der Waals surface area contributed by atoms with Gasteiger partial charge in [0.25, 0.3) is 0 Å². The van der Waals surface area contributed by atoms with E-state index >= 15 is 0 Å². The van der Waals surface area contributed by atoms with Crippen LogP contribution in [0.2, 0.25) is 0 Å². The molecule has 0 amide bonds. The zero-order valence-electron chi connectivity index (χ0n) is 4.92. The molecule has 0 aliphatic heterocycles. The Kier molecular flexibility index (Phi) is 5.45. The summed E-state index contributed by atoms with van der Waals surface area (Å²) in [6.07, 6.45) is 6.24. The second kappa shape index (κ2) is 6.12. The van der Waals surface area contributed by atoms with Crippen LogP contribution < -0.4 is 0 Å². The molecule has 0 N–H and O–H groups in total. The number of rotatable bonds is 3. The minimum Gasteiger partial charge on any atom is -0.211 e. The largest absolute Gasteiger partial charge is 0.235 e. The highest BCUT2D eigenvalue weighted by Gasteiger charge is 1.66. The monoisotopic (exact) mass is 111 g/mol. The van der Waals surface area contributed by atoms with Gasteiger partial charge in [0.1, 0.15) is 0 Å². The first-order chi connectivity index (χ1) is 3.91. The lowest BCUT2D eigenvalue weighted by atomic mass is 10.4. The normalized spacial score (nSPS) is 9.12. The van der Waals surface area contributed by atoms with Crippen LogP contribution in [0.15, 0.2) is 17.1 Å². The van der Waals surface area contributed by atoms with Crippen LogP contribution in [0.25, 0.3) is 0 Å². The van der Waals surface area contributed by atoms with E-state index in [2.05, 4.69) is 4.99 Å². The number of nitrogens with zero attached hydrogens (tertiary/aromatic N) is 1. The van der Waals surface area contributed by atoms with Gasteiger partial charge in [-0.2, -0.15) is 0 Å². The Hall–Kier alpha value is -0.880. The molecule has 0 saturated heterocycles. The summed E-state index contributed by atoms with van der Waals surface area (Å²) >= 11 is 0. The molecule has 0 aromatic heterocycles. The first kappa shape index (κ1) is 7.12. The van der Waals surface area contributed by atoms with Crippen molar-refractivity contribution >= 4 is 6.08 Å². The van der Waals surface area contributed by atoms with E-state index in [1.807, 2.05) is 19.1 Å². The molecule has 0 aromatic carbocycles. The fraction of sp³-hybridized carbons (Fsp3) is 0.500. The maximum atomic E-state index is 9.44. The number of allylic oxidation sites excluding steroid dienone is 1. The molecule has 0 aromatic rings. The predicted molar refractivity (Wildman–Crippen MR) is 32.4 cm³/mol. The zero-order valence-corrected chi connectivity index (χ0v) is 4.92. The van der Waals surface area contributed by atoms with Gasteiger partial charge in [0.05, 0.1) is 6.54 Å². The topological polar surface area (TPSA) is 29.4 Å². The summed E-state index contributed by atoms with van der Waals surface area (Å²) in [5, 5.41) is 0. The summed E-state index contributed by atoms with van der Waals surface area (Å²) < 4.78 is 0. The van der Waals surface area contributed by atoms with E-state index < -0.39 is 0 Å². The van der Waals surface area contributed by atoms with Gasteiger partial charge in [0.2, 0.25) is 6.08 Å². The third-order valence-electron chi connectivity index (χ3n) is 0.664. The SMILES string of the molecule is CC/C=C/CN=C=O. The quantitative estimate of drug-likeness (QED) is 0.306. The summed E-state index contributed by atoms with van der Waals surface area (Å²) in [7, 11) is 0. The number of isocyanates is 1. The van der Waals surface area contributed by atoms with Crippen molar-refractivity contribution in [2.75, 3.05) is 6.54 Å². The maximum absolute atomic E-state index is 9.44. The highest BCUT2D eigenvalue weighted by molar-refractivity contribution is 5.33. The second-order valence-electron chi connectivity index (χ2n) is 1.31. The smallest absolute Gasteiger partial charge is 0.211 e. The van der Waals surface area contributed by atoms with Crippen LogP contribution in [-0.2, 0) is 4.79 Å². The molecule has 0 spiro atoms. The van der Waals surface area contributed by atoms with E-state index in [1.165, 1.54) is 6.08 Å². The fourth-order valence-corrected chi connectivity index (χ4v) is 0.331. The third-order valence-corrected chi connectivity index (χ3v) is 0.664. The highest BCUT2D eigenvalue weighted by atomic mass is 16.1. The van der Waals surface area contributed by atoms with Crippen molar-refractivity contribution < 1.29 is 4.79 Å². The summed E-state index contributed by atoms with van der Waals surface area (Å²) in [6, 6.07) is 0. The lowest BCUT2D eigenvalue weighted by Gasteiger charge is -1.74. The van der Waals surface area contributed by atoms with Gasteiger partial charge in [0, 0.05) is 0 Å². The van der Waals surface area contributed by atoms with E-state index in [-0.39, 0.29) is 0 Å². The van der Waals surface area contributed by atoms with Crippen molar-refractivity contribution in [2.45, 2.75) is 13.3 Å². The first-order valence-electron chi connectivity index (χ1n) is 2.60. The molecule has 0 rings (SSSR count). The standard InChI is InChI=1S/C6H9NO/c1-2-3-4-5-7-6-8/h3-4H,2,5H2,1H3/b4-3+. The Balaban J connectivity index is 3.15. The first-order valence-corrected chi connectivity index (χ1v) is 2.60. The molecule has 0 saturated carbocycles. The average molecular weight is 111 g/mol.